The van der Waals surface area contributed by atoms with Crippen LogP contribution >= 0.6 is 0 Å². The Labute approximate surface area is 208 Å². The molecule has 4 heteroatoms. The van der Waals surface area contributed by atoms with Gasteiger partial charge in [-0.2, -0.15) is 0 Å². The highest BCUT2D eigenvalue weighted by Crippen LogP contribution is 2.36. The molecular formula is C32H22N4. The zero-order valence-corrected chi connectivity index (χ0v) is 19.5. The number of nitrogens with zero attached hydrogens (tertiary/aromatic N) is 4. The van der Waals surface area contributed by atoms with Gasteiger partial charge in [0, 0.05) is 36.2 Å². The van der Waals surface area contributed by atoms with Crippen LogP contribution in [0, 0.1) is 0 Å². The van der Waals surface area contributed by atoms with Crippen LogP contribution in [0.2, 0.25) is 0 Å². The Kier molecular flexibility index (Phi) is 4.74. The minimum Gasteiger partial charge on any atom is -0.306 e. The maximum absolute atomic E-state index is 4.16. The Balaban J connectivity index is 1.35. The molecule has 170 valence electrons. The van der Waals surface area contributed by atoms with Gasteiger partial charge in [0.2, 0.25) is 0 Å². The first-order valence-electron chi connectivity index (χ1n) is 12.0. The Morgan fingerprint density at radius 3 is 1.36 bits per heavy atom. The van der Waals surface area contributed by atoms with Crippen molar-refractivity contribution in [1.82, 2.24) is 19.1 Å². The highest BCUT2D eigenvalue weighted by molar-refractivity contribution is 6.09. The van der Waals surface area contributed by atoms with Gasteiger partial charge < -0.3 is 9.13 Å². The Bertz CT molecular complexity index is 1660. The summed E-state index contributed by atoms with van der Waals surface area (Å²) in [5, 5.41) is 4.99. The van der Waals surface area contributed by atoms with Gasteiger partial charge in [0.25, 0.3) is 0 Å². The van der Waals surface area contributed by atoms with E-state index in [4.69, 9.17) is 0 Å². The van der Waals surface area contributed by atoms with E-state index in [1.165, 1.54) is 43.8 Å². The lowest BCUT2D eigenvalue weighted by Crippen LogP contribution is -1.90. The summed E-state index contributed by atoms with van der Waals surface area (Å²) in [7, 11) is 0. The molecule has 0 aliphatic rings. The van der Waals surface area contributed by atoms with Gasteiger partial charge in [0.1, 0.15) is 0 Å². The fourth-order valence-electron chi connectivity index (χ4n) is 5.01. The monoisotopic (exact) mass is 462 g/mol. The van der Waals surface area contributed by atoms with Crippen LogP contribution in [-0.4, -0.2) is 19.1 Å². The smallest absolute Gasteiger partial charge is 0.0991 e. The zero-order valence-electron chi connectivity index (χ0n) is 19.5. The second-order valence-electron chi connectivity index (χ2n) is 8.94. The van der Waals surface area contributed by atoms with Crippen molar-refractivity contribution in [3.8, 4) is 33.6 Å². The summed E-state index contributed by atoms with van der Waals surface area (Å²) in [5.41, 5.74) is 7.07. The quantitative estimate of drug-likeness (QED) is 0.251. The van der Waals surface area contributed by atoms with E-state index in [9.17, 15) is 0 Å². The number of hydrogen-bond acceptors (Lipinski definition) is 2. The van der Waals surface area contributed by atoms with Crippen molar-refractivity contribution in [1.29, 1.82) is 0 Å². The topological polar surface area (TPSA) is 35.6 Å². The van der Waals surface area contributed by atoms with Crippen LogP contribution in [-0.2, 0) is 0 Å². The molecule has 4 nitrogen and oxygen atoms in total. The number of fused-ring (bicyclic) bond motifs is 2. The van der Waals surface area contributed by atoms with E-state index in [0.717, 1.165) is 11.4 Å². The van der Waals surface area contributed by atoms with Crippen LogP contribution in [0.1, 0.15) is 0 Å². The van der Waals surface area contributed by atoms with Crippen LogP contribution in [0.5, 0.6) is 0 Å². The molecule has 2 aromatic heterocycles. The zero-order chi connectivity index (χ0) is 23.9. The lowest BCUT2D eigenvalue weighted by atomic mass is 9.92. The lowest BCUT2D eigenvalue weighted by Gasteiger charge is -2.13. The summed E-state index contributed by atoms with van der Waals surface area (Å²) in [4.78, 5) is 8.32. The fourth-order valence-corrected chi connectivity index (χ4v) is 5.01. The van der Waals surface area contributed by atoms with E-state index >= 15 is 0 Å². The molecule has 0 amide bonds. The van der Waals surface area contributed by atoms with Crippen molar-refractivity contribution in [3.05, 3.63) is 135 Å². The number of hydrogen-bond donors (Lipinski definition) is 0. The number of imidazole rings is 2. The first kappa shape index (κ1) is 20.4. The molecule has 0 unspecified atom stereocenters. The third-order valence-corrected chi connectivity index (χ3v) is 6.84. The average molecular weight is 463 g/mol. The normalized spacial score (nSPS) is 11.3. The van der Waals surface area contributed by atoms with Gasteiger partial charge in [-0.3, -0.25) is 0 Å². The molecule has 0 saturated heterocycles. The Morgan fingerprint density at radius 2 is 0.944 bits per heavy atom. The second kappa shape index (κ2) is 8.36. The van der Waals surface area contributed by atoms with Gasteiger partial charge >= 0.3 is 0 Å². The lowest BCUT2D eigenvalue weighted by molar-refractivity contribution is 1.06. The van der Waals surface area contributed by atoms with Crippen LogP contribution < -0.4 is 0 Å². The van der Waals surface area contributed by atoms with Crippen molar-refractivity contribution in [3.63, 3.8) is 0 Å². The highest BCUT2D eigenvalue weighted by atomic mass is 15.0. The SMILES string of the molecule is c1cc(-c2ccc(-n3ccnc3)cc2)c2cc3c(-c4ccc(-n5ccnc5)cc4)cccc3cc2c1. The molecule has 0 saturated carbocycles. The standard InChI is InChI=1S/C32H22N4/c1-3-25-19-26-4-2-6-30(24-9-13-28(14-10-24)36-18-16-34-22-36)32(26)20-31(25)29(5-1)23-7-11-27(12-8-23)35-17-15-33-21-35/h1-22H. The van der Waals surface area contributed by atoms with E-state index in [1.807, 2.05) is 34.2 Å². The van der Waals surface area contributed by atoms with E-state index in [2.05, 4.69) is 107 Å². The van der Waals surface area contributed by atoms with E-state index < -0.39 is 0 Å². The fraction of sp³-hybridized carbons (Fsp3) is 0. The average Bonchev–Trinajstić information content (AvgIpc) is 3.67. The van der Waals surface area contributed by atoms with Crippen LogP contribution in [0.15, 0.2) is 135 Å². The van der Waals surface area contributed by atoms with Gasteiger partial charge in [0.05, 0.1) is 12.7 Å². The van der Waals surface area contributed by atoms with Crippen molar-refractivity contribution >= 4 is 21.5 Å². The largest absolute Gasteiger partial charge is 0.306 e. The second-order valence-corrected chi connectivity index (χ2v) is 8.94. The molecule has 0 aliphatic heterocycles. The van der Waals surface area contributed by atoms with Crippen LogP contribution in [0.25, 0.3) is 55.2 Å². The summed E-state index contributed by atoms with van der Waals surface area (Å²) in [6.07, 6.45) is 11.2. The molecule has 0 spiro atoms. The summed E-state index contributed by atoms with van der Waals surface area (Å²) in [5.74, 6) is 0. The molecule has 7 rings (SSSR count). The van der Waals surface area contributed by atoms with Gasteiger partial charge in [-0.05, 0) is 80.2 Å². The van der Waals surface area contributed by atoms with Crippen molar-refractivity contribution in [2.45, 2.75) is 0 Å². The molecule has 2 heterocycles. The molecule has 7 aromatic rings. The van der Waals surface area contributed by atoms with Crippen molar-refractivity contribution < 1.29 is 0 Å². The summed E-state index contributed by atoms with van der Waals surface area (Å²) in [6, 6.07) is 35.1. The molecule has 5 aromatic carbocycles. The first-order valence-corrected chi connectivity index (χ1v) is 12.0. The molecular weight excluding hydrogens is 440 g/mol. The van der Waals surface area contributed by atoms with E-state index in [1.54, 1.807) is 12.4 Å². The molecule has 0 atom stereocenters. The Hall–Kier alpha value is -4.96. The molecule has 0 N–H and O–H groups in total. The van der Waals surface area contributed by atoms with Crippen molar-refractivity contribution in [2.24, 2.45) is 0 Å². The predicted octanol–water partition coefficient (Wildman–Crippen LogP) is 7.70. The Morgan fingerprint density at radius 1 is 0.472 bits per heavy atom. The summed E-state index contributed by atoms with van der Waals surface area (Å²) in [6.45, 7) is 0. The molecule has 0 bridgehead atoms. The maximum Gasteiger partial charge on any atom is 0.0991 e. The molecule has 36 heavy (non-hydrogen) atoms. The molecule has 0 radical (unpaired) electrons. The minimum atomic E-state index is 1.10. The van der Waals surface area contributed by atoms with Crippen LogP contribution in [0.4, 0.5) is 0 Å². The first-order chi connectivity index (χ1) is 17.8. The van der Waals surface area contributed by atoms with E-state index in [-0.39, 0.29) is 0 Å². The summed E-state index contributed by atoms with van der Waals surface area (Å²) >= 11 is 0. The van der Waals surface area contributed by atoms with Crippen LogP contribution in [0.3, 0.4) is 0 Å². The van der Waals surface area contributed by atoms with Gasteiger partial charge in [-0.25, -0.2) is 9.97 Å². The molecule has 0 fully saturated rings. The van der Waals surface area contributed by atoms with Gasteiger partial charge in [-0.15, -0.1) is 0 Å². The minimum absolute atomic E-state index is 1.10. The van der Waals surface area contributed by atoms with Gasteiger partial charge in [0.15, 0.2) is 0 Å². The third kappa shape index (κ3) is 3.48. The molecule has 0 aliphatic carbocycles. The van der Waals surface area contributed by atoms with Crippen molar-refractivity contribution in [2.75, 3.05) is 0 Å². The maximum atomic E-state index is 4.16. The highest BCUT2D eigenvalue weighted by Gasteiger charge is 2.10. The van der Waals surface area contributed by atoms with Gasteiger partial charge in [-0.1, -0.05) is 60.7 Å². The third-order valence-electron chi connectivity index (χ3n) is 6.84. The number of rotatable bonds is 4. The number of benzene rings is 5. The van der Waals surface area contributed by atoms with E-state index in [0.29, 0.717) is 0 Å². The number of aromatic nitrogens is 4. The predicted molar refractivity (Wildman–Crippen MR) is 147 cm³/mol. The summed E-state index contributed by atoms with van der Waals surface area (Å²) < 4.78 is 4.04.